The Morgan fingerprint density at radius 2 is 1.88 bits per heavy atom. The molecular formula is C30H44N4O5S. The Hall–Kier alpha value is -2.98. The second kappa shape index (κ2) is 13.1. The van der Waals surface area contributed by atoms with Crippen LogP contribution in [0.15, 0.2) is 29.6 Å². The van der Waals surface area contributed by atoms with Gasteiger partial charge in [-0.15, -0.1) is 11.3 Å². The molecule has 2 N–H and O–H groups in total. The molecule has 1 fully saturated rings. The van der Waals surface area contributed by atoms with E-state index >= 15 is 0 Å². The van der Waals surface area contributed by atoms with E-state index in [4.69, 9.17) is 4.74 Å². The maximum atomic E-state index is 13.8. The van der Waals surface area contributed by atoms with Gasteiger partial charge in [-0.2, -0.15) is 0 Å². The number of β-amino-alcohol motifs (C(OH)–C–C–N with tert-alkyl or cyclic N) is 1. The van der Waals surface area contributed by atoms with Gasteiger partial charge in [0.25, 0.3) is 5.91 Å². The third kappa shape index (κ3) is 7.81. The zero-order valence-corrected chi connectivity index (χ0v) is 25.7. The monoisotopic (exact) mass is 572 g/mol. The van der Waals surface area contributed by atoms with E-state index in [0.717, 1.165) is 10.7 Å². The molecule has 10 heteroatoms. The Bertz CT molecular complexity index is 1190. The van der Waals surface area contributed by atoms with Crippen LogP contribution in [0, 0.1) is 5.92 Å². The first-order chi connectivity index (χ1) is 18.7. The first-order valence-electron chi connectivity index (χ1n) is 13.9. The zero-order chi connectivity index (χ0) is 29.8. The number of aliphatic hydroxyl groups is 1. The van der Waals surface area contributed by atoms with Crippen molar-refractivity contribution in [2.75, 3.05) is 13.6 Å². The van der Waals surface area contributed by atoms with Gasteiger partial charge in [0, 0.05) is 36.9 Å². The van der Waals surface area contributed by atoms with Gasteiger partial charge in [-0.05, 0) is 38.3 Å². The van der Waals surface area contributed by atoms with Crippen molar-refractivity contribution in [1.29, 1.82) is 0 Å². The van der Waals surface area contributed by atoms with Crippen LogP contribution in [0.1, 0.15) is 82.4 Å². The summed E-state index contributed by atoms with van der Waals surface area (Å²) >= 11 is 1.58. The first-order valence-corrected chi connectivity index (χ1v) is 14.8. The van der Waals surface area contributed by atoms with Gasteiger partial charge >= 0.3 is 0 Å². The lowest BCUT2D eigenvalue weighted by atomic mass is 9.98. The quantitative estimate of drug-likeness (QED) is 0.445. The van der Waals surface area contributed by atoms with Gasteiger partial charge in [-0.3, -0.25) is 14.4 Å². The van der Waals surface area contributed by atoms with E-state index in [0.29, 0.717) is 17.7 Å². The van der Waals surface area contributed by atoms with Crippen molar-refractivity contribution < 1.29 is 24.2 Å². The molecule has 0 bridgehead atoms. The van der Waals surface area contributed by atoms with Gasteiger partial charge in [0.2, 0.25) is 11.8 Å². The predicted octanol–water partition coefficient (Wildman–Crippen LogP) is 3.99. The molecule has 0 saturated carbocycles. The lowest BCUT2D eigenvalue weighted by Gasteiger charge is -2.32. The summed E-state index contributed by atoms with van der Waals surface area (Å²) < 4.78 is 6.01. The maximum Gasteiger partial charge on any atom is 0.255 e. The Kier molecular flexibility index (Phi) is 10.3. The predicted molar refractivity (Wildman–Crippen MR) is 156 cm³/mol. The fraction of sp³-hybridized carbons (Fsp3) is 0.600. The Labute approximate surface area is 241 Å². The van der Waals surface area contributed by atoms with Crippen LogP contribution in [-0.4, -0.2) is 75.4 Å². The number of ether oxygens (including phenoxy) is 1. The number of benzene rings is 1. The number of rotatable bonds is 10. The van der Waals surface area contributed by atoms with Crippen molar-refractivity contribution in [1.82, 2.24) is 20.1 Å². The minimum atomic E-state index is -0.863. The van der Waals surface area contributed by atoms with Crippen molar-refractivity contribution in [3.63, 3.8) is 0 Å². The minimum absolute atomic E-state index is 0.0470. The van der Waals surface area contributed by atoms with Gasteiger partial charge in [0.15, 0.2) is 0 Å². The van der Waals surface area contributed by atoms with E-state index in [1.165, 1.54) is 4.90 Å². The van der Waals surface area contributed by atoms with Crippen molar-refractivity contribution in [3.05, 3.63) is 45.9 Å². The largest absolute Gasteiger partial charge is 0.486 e. The van der Waals surface area contributed by atoms with Crippen molar-refractivity contribution >= 4 is 29.1 Å². The number of hydrogen-bond donors (Lipinski definition) is 2. The van der Waals surface area contributed by atoms with Crippen molar-refractivity contribution in [2.24, 2.45) is 5.92 Å². The molecule has 1 aliphatic rings. The lowest BCUT2D eigenvalue weighted by Crippen LogP contribution is -2.54. The number of nitrogens with one attached hydrogen (secondary N) is 1. The van der Waals surface area contributed by atoms with E-state index in [1.807, 2.05) is 33.1 Å². The number of para-hydroxylation sites is 1. The highest BCUT2D eigenvalue weighted by Crippen LogP contribution is 2.27. The molecule has 2 heterocycles. The molecule has 0 spiro atoms. The molecule has 40 heavy (non-hydrogen) atoms. The standard InChI is InChI=1S/C30H44N4O5S/c1-18(2)13-23(27(37)34-15-21(35)14-24(34)28(38)33(8)19(3)4)32-26(36)22-11-9-10-12-25(22)39-16-20-17-40-29(31-20)30(5,6)7/h9-12,17-19,21,23-24,35H,13-16H2,1-8H3,(H,32,36)/t21-,23-,24+/m1/s1. The number of carbonyl (C=O) groups is 3. The molecule has 9 nitrogen and oxygen atoms in total. The van der Waals surface area contributed by atoms with Crippen LogP contribution in [0.5, 0.6) is 5.75 Å². The number of likely N-dealkylation sites (N-methyl/N-ethyl adjacent to an activating group) is 1. The smallest absolute Gasteiger partial charge is 0.255 e. The number of thiazole rings is 1. The fourth-order valence-corrected chi connectivity index (χ4v) is 5.45. The van der Waals surface area contributed by atoms with Crippen LogP contribution in [0.3, 0.4) is 0 Å². The van der Waals surface area contributed by atoms with Crippen molar-refractivity contribution in [2.45, 2.75) is 97.6 Å². The highest BCUT2D eigenvalue weighted by Gasteiger charge is 2.43. The number of hydrogen-bond acceptors (Lipinski definition) is 7. The number of carbonyl (C=O) groups excluding carboxylic acids is 3. The molecule has 3 amide bonds. The SMILES string of the molecule is CC(C)C[C@@H](NC(=O)c1ccccc1OCc1csc(C(C)(C)C)n1)C(=O)N1C[C@H](O)C[C@H]1C(=O)N(C)C(C)C. The molecule has 3 rings (SSSR count). The fourth-order valence-electron chi connectivity index (χ4n) is 4.56. The normalized spacial score (nSPS) is 18.2. The third-order valence-electron chi connectivity index (χ3n) is 6.98. The van der Waals surface area contributed by atoms with E-state index in [-0.39, 0.29) is 48.8 Å². The van der Waals surface area contributed by atoms with E-state index in [2.05, 4.69) is 31.1 Å². The molecule has 1 aliphatic heterocycles. The van der Waals surface area contributed by atoms with Crippen molar-refractivity contribution in [3.8, 4) is 5.75 Å². The molecular weight excluding hydrogens is 528 g/mol. The number of nitrogens with zero attached hydrogens (tertiary/aromatic N) is 3. The Balaban J connectivity index is 1.78. The molecule has 0 unspecified atom stereocenters. The van der Waals surface area contributed by atoms with Gasteiger partial charge in [0.1, 0.15) is 24.4 Å². The van der Waals surface area contributed by atoms with Crippen LogP contribution in [0.2, 0.25) is 0 Å². The molecule has 0 radical (unpaired) electrons. The average Bonchev–Trinajstić information content (AvgIpc) is 3.52. The summed E-state index contributed by atoms with van der Waals surface area (Å²) in [6.07, 6.45) is -0.239. The van der Waals surface area contributed by atoms with Crippen LogP contribution in [0.4, 0.5) is 0 Å². The molecule has 3 atom stereocenters. The van der Waals surface area contributed by atoms with Gasteiger partial charge in [-0.1, -0.05) is 46.8 Å². The summed E-state index contributed by atoms with van der Waals surface area (Å²) in [6.45, 7) is 14.3. The summed E-state index contributed by atoms with van der Waals surface area (Å²) in [4.78, 5) is 48.1. The highest BCUT2D eigenvalue weighted by molar-refractivity contribution is 7.09. The molecule has 1 aromatic carbocycles. The molecule has 220 valence electrons. The number of aromatic nitrogens is 1. The average molecular weight is 573 g/mol. The van der Waals surface area contributed by atoms with Crippen LogP contribution in [-0.2, 0) is 21.6 Å². The lowest BCUT2D eigenvalue weighted by molar-refractivity contribution is -0.145. The first kappa shape index (κ1) is 31.5. The number of amides is 3. The van der Waals surface area contributed by atoms with Gasteiger partial charge in [-0.25, -0.2) is 4.98 Å². The summed E-state index contributed by atoms with van der Waals surface area (Å²) in [6, 6.07) is 5.23. The number of likely N-dealkylation sites (tertiary alicyclic amines) is 1. The van der Waals surface area contributed by atoms with Gasteiger partial charge < -0.3 is 25.0 Å². The van der Waals surface area contributed by atoms with Crippen LogP contribution in [0.25, 0.3) is 0 Å². The van der Waals surface area contributed by atoms with Crippen LogP contribution < -0.4 is 10.1 Å². The second-order valence-electron chi connectivity index (χ2n) is 12.3. The maximum absolute atomic E-state index is 13.8. The summed E-state index contributed by atoms with van der Waals surface area (Å²) in [7, 11) is 1.69. The zero-order valence-electron chi connectivity index (χ0n) is 24.9. The second-order valence-corrected chi connectivity index (χ2v) is 13.1. The summed E-state index contributed by atoms with van der Waals surface area (Å²) in [5.74, 6) is -0.536. The topological polar surface area (TPSA) is 112 Å². The molecule has 1 aromatic heterocycles. The van der Waals surface area contributed by atoms with E-state index in [9.17, 15) is 19.5 Å². The highest BCUT2D eigenvalue weighted by atomic mass is 32.1. The summed E-state index contributed by atoms with van der Waals surface area (Å²) in [5, 5.41) is 16.2. The molecule has 1 saturated heterocycles. The Morgan fingerprint density at radius 3 is 2.48 bits per heavy atom. The molecule has 2 aromatic rings. The number of aliphatic hydroxyl groups excluding tert-OH is 1. The van der Waals surface area contributed by atoms with Gasteiger partial charge in [0.05, 0.1) is 22.4 Å². The molecule has 0 aliphatic carbocycles. The third-order valence-corrected chi connectivity index (χ3v) is 8.30. The van der Waals surface area contributed by atoms with Crippen LogP contribution >= 0.6 is 11.3 Å². The Morgan fingerprint density at radius 1 is 1.20 bits per heavy atom. The summed E-state index contributed by atoms with van der Waals surface area (Å²) in [5.41, 5.74) is 1.04. The minimum Gasteiger partial charge on any atom is -0.486 e. The van der Waals surface area contributed by atoms with E-state index < -0.39 is 24.1 Å². The van der Waals surface area contributed by atoms with E-state index in [1.54, 1.807) is 47.5 Å².